The largest absolute Gasteiger partial charge is 0.349 e. The number of ether oxygens (including phenoxy) is 1. The predicted molar refractivity (Wildman–Crippen MR) is 129 cm³/mol. The maximum absolute atomic E-state index is 14.0. The number of halogens is 1. The molecule has 3 atom stereocenters. The number of nitrogens with zero attached hydrogens (tertiary/aromatic N) is 1. The number of aryl methyl sites for hydroxylation is 1. The average Bonchev–Trinajstić information content (AvgIpc) is 3.42. The van der Waals surface area contributed by atoms with Gasteiger partial charge in [-0.25, -0.2) is 4.90 Å². The SMILES string of the molecule is Cc1ccc(C2OC3(C(=O)c4ccccc4C3=O)C3C(=O)N(c4cccc(Cl)c4C)C(=O)C23)cc1. The maximum atomic E-state index is 14.0. The summed E-state index contributed by atoms with van der Waals surface area (Å²) in [6.07, 6.45) is -0.941. The smallest absolute Gasteiger partial charge is 0.241 e. The van der Waals surface area contributed by atoms with E-state index in [4.69, 9.17) is 16.3 Å². The Balaban J connectivity index is 1.56. The van der Waals surface area contributed by atoms with Crippen molar-refractivity contribution in [2.24, 2.45) is 11.8 Å². The number of amides is 2. The molecule has 2 fully saturated rings. The number of ketones is 2. The molecule has 2 aliphatic heterocycles. The first kappa shape index (κ1) is 21.9. The summed E-state index contributed by atoms with van der Waals surface area (Å²) in [6.45, 7) is 3.65. The van der Waals surface area contributed by atoms with Gasteiger partial charge in [-0.15, -0.1) is 0 Å². The van der Waals surface area contributed by atoms with Gasteiger partial charge in [0.1, 0.15) is 0 Å². The number of imide groups is 1. The second-order valence-corrected chi connectivity index (χ2v) is 9.70. The molecular weight excluding hydrogens is 466 g/mol. The molecular formula is C28H20ClNO5. The highest BCUT2D eigenvalue weighted by Crippen LogP contribution is 2.58. The van der Waals surface area contributed by atoms with E-state index in [-0.39, 0.29) is 11.1 Å². The Hall–Kier alpha value is -3.61. The topological polar surface area (TPSA) is 80.8 Å². The lowest BCUT2D eigenvalue weighted by atomic mass is 9.77. The van der Waals surface area contributed by atoms with E-state index < -0.39 is 46.9 Å². The molecule has 2 amide bonds. The Bertz CT molecular complexity index is 1430. The quantitative estimate of drug-likeness (QED) is 0.390. The van der Waals surface area contributed by atoms with Gasteiger partial charge in [-0.05, 0) is 37.1 Å². The normalized spacial score (nSPS) is 24.4. The Morgan fingerprint density at radius 3 is 2.06 bits per heavy atom. The molecule has 0 N–H and O–H groups in total. The van der Waals surface area contributed by atoms with Crippen LogP contribution in [0, 0.1) is 25.7 Å². The summed E-state index contributed by atoms with van der Waals surface area (Å²) in [6, 6.07) is 18.8. The average molecular weight is 486 g/mol. The van der Waals surface area contributed by atoms with Crippen molar-refractivity contribution in [2.45, 2.75) is 25.6 Å². The van der Waals surface area contributed by atoms with E-state index in [1.54, 1.807) is 61.5 Å². The summed E-state index contributed by atoms with van der Waals surface area (Å²) in [5.74, 6) is -4.61. The molecule has 0 aromatic heterocycles. The molecule has 2 saturated heterocycles. The van der Waals surface area contributed by atoms with Gasteiger partial charge in [0.2, 0.25) is 29.0 Å². The summed E-state index contributed by atoms with van der Waals surface area (Å²) in [5.41, 5.74) is 0.864. The Morgan fingerprint density at radius 2 is 1.43 bits per heavy atom. The standard InChI is InChI=1S/C28H20ClNO5/c1-14-10-12-16(13-11-14)23-21-22(27(34)30(26(21)33)20-9-5-8-19(29)15(20)2)28(35-23)24(31)17-6-3-4-7-18(17)25(28)32/h3-13,21-23H,1-2H3. The zero-order valence-electron chi connectivity index (χ0n) is 18.9. The fourth-order valence-electron chi connectivity index (χ4n) is 5.65. The van der Waals surface area contributed by atoms with Crippen molar-refractivity contribution < 1.29 is 23.9 Å². The second kappa shape index (κ2) is 7.44. The first-order chi connectivity index (χ1) is 16.8. The molecule has 3 aromatic carbocycles. The molecule has 7 heteroatoms. The minimum atomic E-state index is -2.09. The first-order valence-corrected chi connectivity index (χ1v) is 11.7. The van der Waals surface area contributed by atoms with Gasteiger partial charge in [0.15, 0.2) is 0 Å². The third kappa shape index (κ3) is 2.75. The van der Waals surface area contributed by atoms with Crippen molar-refractivity contribution in [3.63, 3.8) is 0 Å². The van der Waals surface area contributed by atoms with Gasteiger partial charge in [-0.3, -0.25) is 19.2 Å². The summed E-state index contributed by atoms with van der Waals surface area (Å²) in [4.78, 5) is 56.5. The van der Waals surface area contributed by atoms with Crippen LogP contribution in [0.2, 0.25) is 5.02 Å². The van der Waals surface area contributed by atoms with E-state index in [0.717, 1.165) is 10.5 Å². The van der Waals surface area contributed by atoms with E-state index in [1.165, 1.54) is 0 Å². The molecule has 6 rings (SSSR count). The third-order valence-electron chi connectivity index (χ3n) is 7.40. The highest BCUT2D eigenvalue weighted by Gasteiger charge is 2.74. The molecule has 3 unspecified atom stereocenters. The second-order valence-electron chi connectivity index (χ2n) is 9.29. The Labute approximate surface area is 206 Å². The van der Waals surface area contributed by atoms with Crippen LogP contribution in [-0.2, 0) is 14.3 Å². The van der Waals surface area contributed by atoms with E-state index in [1.807, 2.05) is 19.1 Å². The number of carbonyl (C=O) groups is 4. The molecule has 35 heavy (non-hydrogen) atoms. The van der Waals surface area contributed by atoms with E-state index in [2.05, 4.69) is 0 Å². The number of fused-ring (bicyclic) bond motifs is 3. The van der Waals surface area contributed by atoms with Crippen LogP contribution >= 0.6 is 11.6 Å². The van der Waals surface area contributed by atoms with Gasteiger partial charge in [0.25, 0.3) is 0 Å². The fourth-order valence-corrected chi connectivity index (χ4v) is 5.82. The lowest BCUT2D eigenvalue weighted by molar-refractivity contribution is -0.127. The number of rotatable bonds is 2. The van der Waals surface area contributed by atoms with Crippen molar-refractivity contribution in [3.05, 3.63) is 99.6 Å². The molecule has 1 aliphatic carbocycles. The van der Waals surface area contributed by atoms with Gasteiger partial charge < -0.3 is 4.74 Å². The van der Waals surface area contributed by atoms with Gasteiger partial charge >= 0.3 is 0 Å². The molecule has 0 radical (unpaired) electrons. The van der Waals surface area contributed by atoms with Crippen LogP contribution in [0.3, 0.4) is 0 Å². The molecule has 0 bridgehead atoms. The Kier molecular flexibility index (Phi) is 4.66. The van der Waals surface area contributed by atoms with Gasteiger partial charge in [0, 0.05) is 16.1 Å². The number of hydrogen-bond acceptors (Lipinski definition) is 5. The first-order valence-electron chi connectivity index (χ1n) is 11.3. The van der Waals surface area contributed by atoms with Crippen molar-refractivity contribution >= 4 is 40.7 Å². The van der Waals surface area contributed by atoms with Crippen LogP contribution in [0.15, 0.2) is 66.7 Å². The summed E-state index contributed by atoms with van der Waals surface area (Å²) < 4.78 is 6.30. The zero-order valence-corrected chi connectivity index (χ0v) is 19.7. The molecule has 1 spiro atoms. The summed E-state index contributed by atoms with van der Waals surface area (Å²) >= 11 is 6.29. The number of hydrogen-bond donors (Lipinski definition) is 0. The lowest BCUT2D eigenvalue weighted by Gasteiger charge is -2.28. The van der Waals surface area contributed by atoms with Crippen LogP contribution in [0.4, 0.5) is 5.69 Å². The number of anilines is 1. The number of Topliss-reactive ketones (excluding diaryl/α,β-unsaturated/α-hetero) is 2. The molecule has 6 nitrogen and oxygen atoms in total. The van der Waals surface area contributed by atoms with Crippen LogP contribution in [0.5, 0.6) is 0 Å². The molecule has 2 heterocycles. The molecule has 3 aromatic rings. The molecule has 0 saturated carbocycles. The monoisotopic (exact) mass is 485 g/mol. The Morgan fingerprint density at radius 1 is 0.800 bits per heavy atom. The van der Waals surface area contributed by atoms with Crippen molar-refractivity contribution in [1.29, 1.82) is 0 Å². The van der Waals surface area contributed by atoms with Crippen LogP contribution in [-0.4, -0.2) is 29.0 Å². The van der Waals surface area contributed by atoms with Crippen molar-refractivity contribution in [1.82, 2.24) is 0 Å². The van der Waals surface area contributed by atoms with Crippen molar-refractivity contribution in [2.75, 3.05) is 4.90 Å². The lowest BCUT2D eigenvalue weighted by Crippen LogP contribution is -2.51. The van der Waals surface area contributed by atoms with Gasteiger partial charge in [-0.2, -0.15) is 0 Å². The van der Waals surface area contributed by atoms with Crippen LogP contribution in [0.25, 0.3) is 0 Å². The fraction of sp³-hybridized carbons (Fsp3) is 0.214. The van der Waals surface area contributed by atoms with E-state index >= 15 is 0 Å². The number of benzene rings is 3. The molecule has 174 valence electrons. The highest BCUT2D eigenvalue weighted by atomic mass is 35.5. The van der Waals surface area contributed by atoms with E-state index in [0.29, 0.717) is 21.8 Å². The predicted octanol–water partition coefficient (Wildman–Crippen LogP) is 4.65. The summed E-state index contributed by atoms with van der Waals surface area (Å²) in [7, 11) is 0. The van der Waals surface area contributed by atoms with Crippen LogP contribution < -0.4 is 4.90 Å². The maximum Gasteiger partial charge on any atom is 0.241 e. The third-order valence-corrected chi connectivity index (χ3v) is 7.81. The summed E-state index contributed by atoms with van der Waals surface area (Å²) in [5, 5.41) is 0.404. The minimum Gasteiger partial charge on any atom is -0.349 e. The van der Waals surface area contributed by atoms with Crippen molar-refractivity contribution in [3.8, 4) is 0 Å². The minimum absolute atomic E-state index is 0.207. The number of carbonyl (C=O) groups excluding carboxylic acids is 4. The zero-order chi connectivity index (χ0) is 24.6. The van der Waals surface area contributed by atoms with Crippen LogP contribution in [0.1, 0.15) is 43.5 Å². The van der Waals surface area contributed by atoms with Gasteiger partial charge in [-0.1, -0.05) is 71.8 Å². The van der Waals surface area contributed by atoms with E-state index in [9.17, 15) is 19.2 Å². The molecule has 3 aliphatic rings. The highest BCUT2D eigenvalue weighted by molar-refractivity contribution is 6.37. The van der Waals surface area contributed by atoms with Gasteiger partial charge in [0.05, 0.1) is 23.6 Å².